The van der Waals surface area contributed by atoms with Crippen molar-refractivity contribution in [1.82, 2.24) is 4.90 Å². The van der Waals surface area contributed by atoms with E-state index in [0.29, 0.717) is 10.6 Å². The number of rotatable bonds is 6. The van der Waals surface area contributed by atoms with Gasteiger partial charge in [0, 0.05) is 16.8 Å². The fourth-order valence-corrected chi connectivity index (χ4v) is 4.91. The summed E-state index contributed by atoms with van der Waals surface area (Å²) in [5.74, 6) is -0.601. The van der Waals surface area contributed by atoms with Crippen molar-refractivity contribution in [2.45, 2.75) is 64.8 Å². The maximum Gasteiger partial charge on any atom is 0.251 e. The van der Waals surface area contributed by atoms with Crippen LogP contribution < -0.4 is 11.1 Å². The SMILES string of the molecule is Cc1sc(NC(=O)CN(C(=O)C2CCC2)C2CCCC2)c(C(N)=O)c1C. The Morgan fingerprint density at radius 2 is 1.77 bits per heavy atom. The monoisotopic (exact) mass is 377 g/mol. The van der Waals surface area contributed by atoms with Crippen LogP contribution in [0.4, 0.5) is 5.00 Å². The quantitative estimate of drug-likeness (QED) is 0.798. The van der Waals surface area contributed by atoms with Gasteiger partial charge in [-0.2, -0.15) is 0 Å². The van der Waals surface area contributed by atoms with Crippen LogP contribution in [-0.2, 0) is 9.59 Å². The van der Waals surface area contributed by atoms with Gasteiger partial charge in [0.15, 0.2) is 0 Å². The van der Waals surface area contributed by atoms with Crippen LogP contribution >= 0.6 is 11.3 Å². The van der Waals surface area contributed by atoms with Crippen molar-refractivity contribution < 1.29 is 14.4 Å². The summed E-state index contributed by atoms with van der Waals surface area (Å²) in [6, 6.07) is 0.163. The van der Waals surface area contributed by atoms with Crippen LogP contribution in [0.2, 0.25) is 0 Å². The van der Waals surface area contributed by atoms with Gasteiger partial charge in [0.2, 0.25) is 11.8 Å². The highest BCUT2D eigenvalue weighted by Crippen LogP contribution is 2.33. The minimum atomic E-state index is -0.541. The molecule has 0 atom stereocenters. The van der Waals surface area contributed by atoms with E-state index in [1.54, 1.807) is 4.90 Å². The van der Waals surface area contributed by atoms with Crippen molar-refractivity contribution in [3.05, 3.63) is 16.0 Å². The van der Waals surface area contributed by atoms with Gasteiger partial charge in [-0.15, -0.1) is 11.3 Å². The predicted octanol–water partition coefficient (Wildman–Crippen LogP) is 2.97. The minimum absolute atomic E-state index is 0.0498. The summed E-state index contributed by atoms with van der Waals surface area (Å²) in [4.78, 5) is 39.9. The highest BCUT2D eigenvalue weighted by Gasteiger charge is 2.35. The first-order chi connectivity index (χ1) is 12.4. The molecule has 142 valence electrons. The van der Waals surface area contributed by atoms with Crippen LogP contribution in [0, 0.1) is 19.8 Å². The molecule has 2 aliphatic carbocycles. The fraction of sp³-hybridized carbons (Fsp3) is 0.632. The third-order valence-electron chi connectivity index (χ3n) is 5.70. The number of nitrogens with zero attached hydrogens (tertiary/aromatic N) is 1. The molecule has 0 saturated heterocycles. The maximum atomic E-state index is 12.8. The van der Waals surface area contributed by atoms with Gasteiger partial charge in [0.1, 0.15) is 11.5 Å². The second kappa shape index (κ2) is 7.78. The Hall–Kier alpha value is -1.89. The first kappa shape index (κ1) is 18.9. The molecule has 0 bridgehead atoms. The number of nitrogens with one attached hydrogen (secondary N) is 1. The molecule has 0 aromatic carbocycles. The summed E-state index contributed by atoms with van der Waals surface area (Å²) in [7, 11) is 0. The molecular formula is C19H27N3O3S. The zero-order valence-corrected chi connectivity index (χ0v) is 16.3. The predicted molar refractivity (Wildman–Crippen MR) is 102 cm³/mol. The number of amides is 3. The van der Waals surface area contributed by atoms with Crippen LogP contribution in [0.15, 0.2) is 0 Å². The lowest BCUT2D eigenvalue weighted by Gasteiger charge is -2.35. The lowest BCUT2D eigenvalue weighted by Crippen LogP contribution is -2.47. The van der Waals surface area contributed by atoms with Crippen molar-refractivity contribution in [1.29, 1.82) is 0 Å². The van der Waals surface area contributed by atoms with Gasteiger partial charge in [-0.05, 0) is 45.1 Å². The number of aryl methyl sites for hydroxylation is 1. The smallest absolute Gasteiger partial charge is 0.251 e. The van der Waals surface area contributed by atoms with E-state index < -0.39 is 5.91 Å². The molecule has 2 saturated carbocycles. The molecule has 1 aromatic heterocycles. The molecule has 2 fully saturated rings. The van der Waals surface area contributed by atoms with Crippen molar-refractivity contribution in [3.8, 4) is 0 Å². The second-order valence-electron chi connectivity index (χ2n) is 7.43. The van der Waals surface area contributed by atoms with E-state index >= 15 is 0 Å². The lowest BCUT2D eigenvalue weighted by molar-refractivity contribution is -0.143. The number of hydrogen-bond donors (Lipinski definition) is 2. The molecule has 0 spiro atoms. The molecule has 1 heterocycles. The van der Waals surface area contributed by atoms with E-state index in [1.807, 2.05) is 13.8 Å². The number of hydrogen-bond acceptors (Lipinski definition) is 4. The number of nitrogens with two attached hydrogens (primary N) is 1. The lowest BCUT2D eigenvalue weighted by atomic mass is 9.84. The van der Waals surface area contributed by atoms with Gasteiger partial charge in [-0.25, -0.2) is 0 Å². The number of primary amides is 1. The Labute approximate surface area is 158 Å². The summed E-state index contributed by atoms with van der Waals surface area (Å²) < 4.78 is 0. The maximum absolute atomic E-state index is 12.8. The van der Waals surface area contributed by atoms with Gasteiger partial charge in [0.25, 0.3) is 5.91 Å². The molecule has 1 aromatic rings. The number of thiophene rings is 1. The molecule has 0 radical (unpaired) electrons. The van der Waals surface area contributed by atoms with Gasteiger partial charge in [0.05, 0.1) is 5.56 Å². The van der Waals surface area contributed by atoms with Crippen LogP contribution in [0.1, 0.15) is 65.7 Å². The molecule has 3 rings (SSSR count). The van der Waals surface area contributed by atoms with E-state index in [2.05, 4.69) is 5.32 Å². The normalized spacial score (nSPS) is 17.8. The van der Waals surface area contributed by atoms with E-state index in [9.17, 15) is 14.4 Å². The molecule has 0 unspecified atom stereocenters. The van der Waals surface area contributed by atoms with Crippen LogP contribution in [0.5, 0.6) is 0 Å². The third-order valence-corrected chi connectivity index (χ3v) is 6.82. The molecule has 26 heavy (non-hydrogen) atoms. The van der Waals surface area contributed by atoms with Crippen LogP contribution in [0.25, 0.3) is 0 Å². The van der Waals surface area contributed by atoms with E-state index in [-0.39, 0.29) is 30.3 Å². The number of anilines is 1. The van der Waals surface area contributed by atoms with E-state index in [1.165, 1.54) is 11.3 Å². The summed E-state index contributed by atoms with van der Waals surface area (Å²) >= 11 is 1.35. The third kappa shape index (κ3) is 3.77. The Morgan fingerprint density at radius 1 is 1.12 bits per heavy atom. The average Bonchev–Trinajstić information content (AvgIpc) is 3.12. The van der Waals surface area contributed by atoms with Gasteiger partial charge < -0.3 is 16.0 Å². The summed E-state index contributed by atoms with van der Waals surface area (Å²) in [6.07, 6.45) is 7.10. The molecule has 6 nitrogen and oxygen atoms in total. The average molecular weight is 378 g/mol. The topological polar surface area (TPSA) is 92.5 Å². The zero-order chi connectivity index (χ0) is 18.8. The van der Waals surface area contributed by atoms with Crippen LogP contribution in [0.3, 0.4) is 0 Å². The molecule has 3 amide bonds. The molecule has 3 N–H and O–H groups in total. The zero-order valence-electron chi connectivity index (χ0n) is 15.5. The first-order valence-electron chi connectivity index (χ1n) is 9.38. The summed E-state index contributed by atoms with van der Waals surface area (Å²) in [5, 5.41) is 3.31. The van der Waals surface area contributed by atoms with E-state index in [0.717, 1.165) is 55.4 Å². The Morgan fingerprint density at radius 3 is 2.31 bits per heavy atom. The number of carbonyl (C=O) groups is 3. The second-order valence-corrected chi connectivity index (χ2v) is 8.66. The van der Waals surface area contributed by atoms with Crippen molar-refractivity contribution >= 4 is 34.1 Å². The fourth-order valence-electron chi connectivity index (χ4n) is 3.83. The Balaban J connectivity index is 1.73. The largest absolute Gasteiger partial charge is 0.365 e. The molecule has 2 aliphatic rings. The van der Waals surface area contributed by atoms with Gasteiger partial charge >= 0.3 is 0 Å². The first-order valence-corrected chi connectivity index (χ1v) is 10.2. The Bertz CT molecular complexity index is 718. The van der Waals surface area contributed by atoms with Gasteiger partial charge in [-0.3, -0.25) is 14.4 Å². The van der Waals surface area contributed by atoms with Crippen LogP contribution in [-0.4, -0.2) is 35.2 Å². The van der Waals surface area contributed by atoms with E-state index in [4.69, 9.17) is 5.73 Å². The van der Waals surface area contributed by atoms with Gasteiger partial charge in [-0.1, -0.05) is 19.3 Å². The number of carbonyl (C=O) groups excluding carboxylic acids is 3. The summed E-state index contributed by atoms with van der Waals surface area (Å²) in [6.45, 7) is 3.77. The highest BCUT2D eigenvalue weighted by molar-refractivity contribution is 7.16. The summed E-state index contributed by atoms with van der Waals surface area (Å²) in [5.41, 5.74) is 6.65. The van der Waals surface area contributed by atoms with Crippen molar-refractivity contribution in [2.24, 2.45) is 11.7 Å². The molecule has 0 aliphatic heterocycles. The minimum Gasteiger partial charge on any atom is -0.365 e. The molecular weight excluding hydrogens is 350 g/mol. The standard InChI is InChI=1S/C19H27N3O3S/c1-11-12(2)26-18(16(11)17(20)24)21-15(23)10-22(14-8-3-4-9-14)19(25)13-6-5-7-13/h13-14H,3-10H2,1-2H3,(H2,20,24)(H,21,23). The highest BCUT2D eigenvalue weighted by atomic mass is 32.1. The van der Waals surface area contributed by atoms with Crippen molar-refractivity contribution in [2.75, 3.05) is 11.9 Å². The van der Waals surface area contributed by atoms with Crippen molar-refractivity contribution in [3.63, 3.8) is 0 Å². The molecule has 7 heteroatoms. The Kier molecular flexibility index (Phi) is 5.65.